The highest BCUT2D eigenvalue weighted by Crippen LogP contribution is 2.21. The number of hydrogen-bond acceptors (Lipinski definition) is 1. The Morgan fingerprint density at radius 2 is 1.89 bits per heavy atom. The molecule has 96 valence electrons. The molecule has 0 atom stereocenters. The minimum atomic E-state index is -0.225. The molecule has 5 heteroatoms. The fourth-order valence-electron chi connectivity index (χ4n) is 1.46. The molecule has 0 unspecified atom stereocenters. The van der Waals surface area contributed by atoms with Crippen molar-refractivity contribution in [1.82, 2.24) is 0 Å². The average molecular weight is 294 g/mol. The van der Waals surface area contributed by atoms with E-state index in [2.05, 4.69) is 10.3 Å². The number of carbonyl (C=O) groups is 1. The second kappa shape index (κ2) is 6.36. The van der Waals surface area contributed by atoms with Crippen LogP contribution >= 0.6 is 23.2 Å². The normalized spacial score (nSPS) is 10.6. The molecule has 0 radical (unpaired) electrons. The Kier molecular flexibility index (Phi) is 4.55. The van der Waals surface area contributed by atoms with Gasteiger partial charge in [-0.25, -0.2) is 4.98 Å². The maximum absolute atomic E-state index is 11.7. The Labute approximate surface area is 120 Å². The van der Waals surface area contributed by atoms with Gasteiger partial charge < -0.3 is 5.32 Å². The van der Waals surface area contributed by atoms with Crippen molar-refractivity contribution in [2.45, 2.75) is 0 Å². The van der Waals surface area contributed by atoms with Gasteiger partial charge in [-0.2, -0.15) is 0 Å². The van der Waals surface area contributed by atoms with Crippen LogP contribution in [0.15, 0.2) is 48.8 Å². The number of aromatic nitrogens is 1. The van der Waals surface area contributed by atoms with Crippen LogP contribution in [0.5, 0.6) is 0 Å². The van der Waals surface area contributed by atoms with Gasteiger partial charge in [-0.15, -0.1) is 0 Å². The SMILES string of the molecule is O=C(C=Cc1ccc(Cl)cc1Cl)Nc1cc[nH+]cc1. The molecule has 0 aliphatic heterocycles. The van der Waals surface area contributed by atoms with Crippen molar-refractivity contribution in [2.75, 3.05) is 5.32 Å². The van der Waals surface area contributed by atoms with Gasteiger partial charge in [0.15, 0.2) is 12.4 Å². The summed E-state index contributed by atoms with van der Waals surface area (Å²) in [6.07, 6.45) is 6.53. The number of benzene rings is 1. The van der Waals surface area contributed by atoms with Crippen LogP contribution in [-0.4, -0.2) is 5.91 Å². The average Bonchev–Trinajstić information content (AvgIpc) is 2.39. The minimum Gasteiger partial charge on any atom is -0.322 e. The van der Waals surface area contributed by atoms with Crippen molar-refractivity contribution in [3.05, 3.63) is 64.4 Å². The summed E-state index contributed by atoms with van der Waals surface area (Å²) in [6, 6.07) is 8.64. The van der Waals surface area contributed by atoms with E-state index in [1.165, 1.54) is 6.08 Å². The van der Waals surface area contributed by atoms with Crippen molar-refractivity contribution in [2.24, 2.45) is 0 Å². The van der Waals surface area contributed by atoms with Crippen LogP contribution in [0, 0.1) is 0 Å². The number of hydrogen-bond donors (Lipinski definition) is 1. The number of H-pyrrole nitrogens is 1. The highest BCUT2D eigenvalue weighted by atomic mass is 35.5. The van der Waals surface area contributed by atoms with Gasteiger partial charge in [0.2, 0.25) is 5.91 Å². The molecule has 2 aromatic rings. The lowest BCUT2D eigenvalue weighted by Gasteiger charge is -2.00. The number of nitrogens with one attached hydrogen (secondary N) is 2. The summed E-state index contributed by atoms with van der Waals surface area (Å²) < 4.78 is 0. The van der Waals surface area contributed by atoms with Crippen molar-refractivity contribution >= 4 is 40.9 Å². The first-order valence-corrected chi connectivity index (χ1v) is 6.31. The fraction of sp³-hybridized carbons (Fsp3) is 0. The van der Waals surface area contributed by atoms with E-state index in [9.17, 15) is 4.79 Å². The Balaban J connectivity index is 2.04. The zero-order valence-electron chi connectivity index (χ0n) is 9.86. The molecule has 0 aliphatic rings. The summed E-state index contributed by atoms with van der Waals surface area (Å²) in [5.74, 6) is -0.225. The van der Waals surface area contributed by atoms with E-state index < -0.39 is 0 Å². The Bertz CT molecular complexity index is 612. The first kappa shape index (κ1) is 13.6. The van der Waals surface area contributed by atoms with E-state index in [1.807, 2.05) is 0 Å². The standard InChI is InChI=1S/C14H10Cl2N2O/c15-11-3-1-10(13(16)9-11)2-4-14(19)18-12-5-7-17-8-6-12/h1-9H,(H,17,18,19)/p+1. The summed E-state index contributed by atoms with van der Waals surface area (Å²) in [7, 11) is 0. The predicted molar refractivity (Wildman–Crippen MR) is 77.1 cm³/mol. The number of carbonyl (C=O) groups excluding carboxylic acids is 1. The smallest absolute Gasteiger partial charge is 0.248 e. The quantitative estimate of drug-likeness (QED) is 0.866. The lowest BCUT2D eigenvalue weighted by Crippen LogP contribution is -2.09. The van der Waals surface area contributed by atoms with Crippen LogP contribution in [0.3, 0.4) is 0 Å². The third-order valence-corrected chi connectivity index (χ3v) is 2.92. The molecule has 0 saturated heterocycles. The first-order valence-electron chi connectivity index (χ1n) is 5.55. The number of aromatic amines is 1. The third kappa shape index (κ3) is 4.09. The van der Waals surface area contributed by atoms with Crippen LogP contribution in [0.1, 0.15) is 5.56 Å². The predicted octanol–water partition coefficient (Wildman–Crippen LogP) is 3.46. The molecule has 0 fully saturated rings. The highest BCUT2D eigenvalue weighted by Gasteiger charge is 2.00. The topological polar surface area (TPSA) is 43.2 Å². The van der Waals surface area contributed by atoms with Gasteiger partial charge in [0.25, 0.3) is 0 Å². The van der Waals surface area contributed by atoms with E-state index in [0.29, 0.717) is 10.0 Å². The molecule has 0 spiro atoms. The van der Waals surface area contributed by atoms with Crippen LogP contribution in [0.4, 0.5) is 5.69 Å². The van der Waals surface area contributed by atoms with Crippen molar-refractivity contribution in [1.29, 1.82) is 0 Å². The fourth-order valence-corrected chi connectivity index (χ4v) is 1.93. The summed E-state index contributed by atoms with van der Waals surface area (Å²) in [5.41, 5.74) is 1.46. The molecule has 1 aromatic carbocycles. The number of anilines is 1. The van der Waals surface area contributed by atoms with Crippen LogP contribution < -0.4 is 10.3 Å². The van der Waals surface area contributed by atoms with E-state index >= 15 is 0 Å². The highest BCUT2D eigenvalue weighted by molar-refractivity contribution is 6.35. The minimum absolute atomic E-state index is 0.225. The summed E-state index contributed by atoms with van der Waals surface area (Å²) >= 11 is 11.8. The second-order valence-electron chi connectivity index (χ2n) is 3.78. The van der Waals surface area contributed by atoms with Gasteiger partial charge >= 0.3 is 0 Å². The van der Waals surface area contributed by atoms with Crippen LogP contribution in [-0.2, 0) is 4.79 Å². The van der Waals surface area contributed by atoms with Gasteiger partial charge in [-0.1, -0.05) is 29.3 Å². The van der Waals surface area contributed by atoms with E-state index in [4.69, 9.17) is 23.2 Å². The van der Waals surface area contributed by atoms with Gasteiger partial charge in [0.05, 0.1) is 5.69 Å². The van der Waals surface area contributed by atoms with Gasteiger partial charge in [0.1, 0.15) is 0 Å². The Morgan fingerprint density at radius 1 is 1.16 bits per heavy atom. The number of amides is 1. The number of rotatable bonds is 3. The molecule has 19 heavy (non-hydrogen) atoms. The largest absolute Gasteiger partial charge is 0.322 e. The molecule has 1 amide bonds. The van der Waals surface area contributed by atoms with E-state index in [1.54, 1.807) is 48.8 Å². The number of pyridine rings is 1. The lowest BCUT2D eigenvalue weighted by atomic mass is 10.2. The molecule has 2 rings (SSSR count). The zero-order chi connectivity index (χ0) is 13.7. The summed E-state index contributed by atoms with van der Waals surface area (Å²) in [5, 5.41) is 3.80. The molecular formula is C14H11Cl2N2O+. The van der Waals surface area contributed by atoms with Gasteiger partial charge in [0, 0.05) is 28.3 Å². The monoisotopic (exact) mass is 293 g/mol. The molecule has 0 bridgehead atoms. The van der Waals surface area contributed by atoms with Crippen molar-refractivity contribution < 1.29 is 9.78 Å². The number of halogens is 2. The Hall–Kier alpha value is -1.84. The van der Waals surface area contributed by atoms with Crippen LogP contribution in [0.2, 0.25) is 10.0 Å². The maximum Gasteiger partial charge on any atom is 0.248 e. The van der Waals surface area contributed by atoms with Gasteiger partial charge in [-0.3, -0.25) is 4.79 Å². The van der Waals surface area contributed by atoms with Crippen molar-refractivity contribution in [3.63, 3.8) is 0 Å². The molecule has 0 aliphatic carbocycles. The molecule has 1 heterocycles. The van der Waals surface area contributed by atoms with Crippen molar-refractivity contribution in [3.8, 4) is 0 Å². The van der Waals surface area contributed by atoms with E-state index in [-0.39, 0.29) is 5.91 Å². The summed E-state index contributed by atoms with van der Waals surface area (Å²) in [4.78, 5) is 14.6. The lowest BCUT2D eigenvalue weighted by molar-refractivity contribution is -0.377. The molecule has 3 nitrogen and oxygen atoms in total. The molecule has 0 saturated carbocycles. The Morgan fingerprint density at radius 3 is 2.58 bits per heavy atom. The zero-order valence-corrected chi connectivity index (χ0v) is 11.4. The summed E-state index contributed by atoms with van der Waals surface area (Å²) in [6.45, 7) is 0. The first-order chi connectivity index (χ1) is 9.15. The van der Waals surface area contributed by atoms with Gasteiger partial charge in [-0.05, 0) is 23.8 Å². The third-order valence-electron chi connectivity index (χ3n) is 2.36. The molecule has 2 N–H and O–H groups in total. The van der Waals surface area contributed by atoms with E-state index in [0.717, 1.165) is 11.3 Å². The molecular weight excluding hydrogens is 283 g/mol. The maximum atomic E-state index is 11.7. The van der Waals surface area contributed by atoms with Crippen LogP contribution in [0.25, 0.3) is 6.08 Å². The second-order valence-corrected chi connectivity index (χ2v) is 4.62. The molecule has 1 aromatic heterocycles.